The van der Waals surface area contributed by atoms with Crippen LogP contribution < -0.4 is 5.32 Å². The molecule has 0 amide bonds. The Labute approximate surface area is 157 Å². The molecule has 1 saturated heterocycles. The van der Waals surface area contributed by atoms with E-state index in [1.807, 2.05) is 25.7 Å². The maximum Gasteiger partial charge on any atom is 0.296 e. The van der Waals surface area contributed by atoms with Crippen molar-refractivity contribution < 1.29 is 9.34 Å². The van der Waals surface area contributed by atoms with E-state index in [0.29, 0.717) is 27.8 Å². The van der Waals surface area contributed by atoms with Gasteiger partial charge in [-0.15, -0.1) is 0 Å². The number of rotatable bonds is 2. The maximum atomic E-state index is 11.5. The fourth-order valence-corrected chi connectivity index (χ4v) is 3.03. The van der Waals surface area contributed by atoms with Crippen LogP contribution >= 0.6 is 12.2 Å². The van der Waals surface area contributed by atoms with Gasteiger partial charge in [0.05, 0.1) is 11.0 Å². The van der Waals surface area contributed by atoms with Crippen LogP contribution in [-0.2, 0) is 5.41 Å². The quantitative estimate of drug-likeness (QED) is 0.485. The highest BCUT2D eigenvalue weighted by atomic mass is 32.1. The second-order valence-corrected chi connectivity index (χ2v) is 7.97. The SMILES string of the molecule is CN1CCN(C(=S)Nc2cc3nc(C(C)(C)C)oc3cc2[N+](=O)[O-])CC1. The van der Waals surface area contributed by atoms with Crippen LogP contribution in [0.2, 0.25) is 0 Å². The first-order valence-electron chi connectivity index (χ1n) is 8.49. The summed E-state index contributed by atoms with van der Waals surface area (Å²) in [6.45, 7) is 9.32. The minimum absolute atomic E-state index is 0.0782. The zero-order valence-electron chi connectivity index (χ0n) is 15.4. The van der Waals surface area contributed by atoms with E-state index in [1.165, 1.54) is 6.07 Å². The standard InChI is InChI=1S/C17H23N5O3S/c1-17(2,3)15-18-12-9-11(13(22(23)24)10-14(12)25-15)19-16(26)21-7-5-20(4)6-8-21/h9-10H,5-8H2,1-4H3,(H,19,26). The average molecular weight is 377 g/mol. The molecule has 0 radical (unpaired) electrons. The number of nitro benzene ring substituents is 1. The molecule has 1 N–H and O–H groups in total. The van der Waals surface area contributed by atoms with Gasteiger partial charge in [-0.05, 0) is 25.3 Å². The van der Waals surface area contributed by atoms with Crippen LogP contribution in [-0.4, -0.2) is 58.0 Å². The molecule has 0 aliphatic carbocycles. The third-order valence-electron chi connectivity index (χ3n) is 4.38. The molecule has 1 fully saturated rings. The van der Waals surface area contributed by atoms with Gasteiger partial charge < -0.3 is 19.5 Å². The van der Waals surface area contributed by atoms with Crippen LogP contribution in [0.4, 0.5) is 11.4 Å². The summed E-state index contributed by atoms with van der Waals surface area (Å²) < 4.78 is 5.72. The second-order valence-electron chi connectivity index (χ2n) is 7.58. The molecule has 1 aromatic heterocycles. The van der Waals surface area contributed by atoms with Crippen LogP contribution in [0, 0.1) is 10.1 Å². The summed E-state index contributed by atoms with van der Waals surface area (Å²) >= 11 is 5.46. The Balaban J connectivity index is 1.92. The lowest BCUT2D eigenvalue weighted by Gasteiger charge is -2.34. The lowest BCUT2D eigenvalue weighted by Crippen LogP contribution is -2.48. The molecule has 9 heteroatoms. The Morgan fingerprint density at radius 3 is 2.54 bits per heavy atom. The minimum atomic E-state index is -0.437. The molecule has 0 atom stereocenters. The number of aromatic nitrogens is 1. The molecule has 0 unspecified atom stereocenters. The van der Waals surface area contributed by atoms with Crippen molar-refractivity contribution in [3.8, 4) is 0 Å². The first kappa shape index (κ1) is 18.5. The van der Waals surface area contributed by atoms with Gasteiger partial charge in [-0.25, -0.2) is 4.98 Å². The number of likely N-dealkylation sites (N-methyl/N-ethyl adjacent to an activating group) is 1. The molecule has 0 saturated carbocycles. The number of anilines is 1. The van der Waals surface area contributed by atoms with E-state index in [2.05, 4.69) is 22.2 Å². The summed E-state index contributed by atoms with van der Waals surface area (Å²) in [4.78, 5) is 19.8. The van der Waals surface area contributed by atoms with Crippen molar-refractivity contribution >= 4 is 39.8 Å². The van der Waals surface area contributed by atoms with Crippen molar-refractivity contribution in [1.29, 1.82) is 0 Å². The van der Waals surface area contributed by atoms with Gasteiger partial charge >= 0.3 is 0 Å². The highest BCUT2D eigenvalue weighted by molar-refractivity contribution is 7.80. The Morgan fingerprint density at radius 2 is 1.96 bits per heavy atom. The molecule has 0 bridgehead atoms. The molecule has 2 heterocycles. The van der Waals surface area contributed by atoms with Crippen molar-refractivity contribution in [3.05, 3.63) is 28.1 Å². The Morgan fingerprint density at radius 1 is 1.31 bits per heavy atom. The minimum Gasteiger partial charge on any atom is -0.440 e. The van der Waals surface area contributed by atoms with E-state index in [0.717, 1.165) is 26.2 Å². The van der Waals surface area contributed by atoms with Crippen LogP contribution in [0.1, 0.15) is 26.7 Å². The molecule has 1 aliphatic heterocycles. The Bertz CT molecular complexity index is 850. The normalized spacial score (nSPS) is 16.1. The molecule has 26 heavy (non-hydrogen) atoms. The number of hydrogen-bond donors (Lipinski definition) is 1. The van der Waals surface area contributed by atoms with Crippen LogP contribution in [0.25, 0.3) is 11.1 Å². The number of benzene rings is 1. The average Bonchev–Trinajstić information content (AvgIpc) is 2.97. The summed E-state index contributed by atoms with van der Waals surface area (Å²) in [6, 6.07) is 3.04. The zero-order valence-corrected chi connectivity index (χ0v) is 16.2. The fraction of sp³-hybridized carbons (Fsp3) is 0.529. The zero-order chi connectivity index (χ0) is 19.1. The van der Waals surface area contributed by atoms with Crippen LogP contribution in [0.5, 0.6) is 0 Å². The van der Waals surface area contributed by atoms with Crippen molar-refractivity contribution in [2.75, 3.05) is 38.5 Å². The predicted octanol–water partition coefficient (Wildman–Crippen LogP) is 2.98. The van der Waals surface area contributed by atoms with E-state index in [9.17, 15) is 10.1 Å². The molecule has 2 aromatic rings. The number of piperazine rings is 1. The number of hydrogen-bond acceptors (Lipinski definition) is 6. The van der Waals surface area contributed by atoms with Crippen molar-refractivity contribution in [2.45, 2.75) is 26.2 Å². The lowest BCUT2D eigenvalue weighted by molar-refractivity contribution is -0.383. The molecular formula is C17H23N5O3S. The van der Waals surface area contributed by atoms with Gasteiger partial charge in [0.25, 0.3) is 5.69 Å². The Kier molecular flexibility index (Phi) is 4.85. The highest BCUT2D eigenvalue weighted by Gasteiger charge is 2.25. The summed E-state index contributed by atoms with van der Waals surface area (Å²) in [7, 11) is 2.06. The molecule has 140 valence electrons. The van der Waals surface area contributed by atoms with Gasteiger partial charge in [-0.2, -0.15) is 0 Å². The number of nitro groups is 1. The summed E-state index contributed by atoms with van der Waals surface area (Å²) in [5.74, 6) is 0.542. The molecule has 1 aliphatic rings. The Hall–Kier alpha value is -2.26. The number of oxazole rings is 1. The fourth-order valence-electron chi connectivity index (χ4n) is 2.74. The molecular weight excluding hydrogens is 354 g/mol. The molecule has 8 nitrogen and oxygen atoms in total. The lowest BCUT2D eigenvalue weighted by atomic mass is 9.97. The van der Waals surface area contributed by atoms with Crippen LogP contribution in [0.3, 0.4) is 0 Å². The smallest absolute Gasteiger partial charge is 0.296 e. The first-order chi connectivity index (χ1) is 12.1. The van der Waals surface area contributed by atoms with E-state index in [1.54, 1.807) is 6.07 Å². The predicted molar refractivity (Wildman–Crippen MR) is 105 cm³/mol. The van der Waals surface area contributed by atoms with Gasteiger partial charge in [-0.1, -0.05) is 20.8 Å². The van der Waals surface area contributed by atoms with E-state index < -0.39 is 4.92 Å². The number of fused-ring (bicyclic) bond motifs is 1. The van der Waals surface area contributed by atoms with Gasteiger partial charge in [0.2, 0.25) is 5.89 Å². The molecule has 1 aromatic carbocycles. The van der Waals surface area contributed by atoms with Gasteiger partial charge in [-0.3, -0.25) is 10.1 Å². The van der Waals surface area contributed by atoms with Gasteiger partial charge in [0, 0.05) is 31.6 Å². The highest BCUT2D eigenvalue weighted by Crippen LogP contribution is 2.33. The summed E-state index contributed by atoms with van der Waals surface area (Å²) in [6.07, 6.45) is 0. The first-order valence-corrected chi connectivity index (χ1v) is 8.90. The van der Waals surface area contributed by atoms with Crippen molar-refractivity contribution in [2.24, 2.45) is 0 Å². The second kappa shape index (κ2) is 6.81. The number of nitrogens with zero attached hydrogens (tertiary/aromatic N) is 4. The third kappa shape index (κ3) is 3.78. The number of thiocarbonyl (C=S) groups is 1. The third-order valence-corrected chi connectivity index (χ3v) is 4.74. The van der Waals surface area contributed by atoms with Gasteiger partial charge in [0.15, 0.2) is 10.7 Å². The maximum absolute atomic E-state index is 11.5. The summed E-state index contributed by atoms with van der Waals surface area (Å²) in [5.41, 5.74) is 0.948. The molecule has 3 rings (SSSR count). The topological polar surface area (TPSA) is 87.7 Å². The van der Waals surface area contributed by atoms with Crippen LogP contribution in [0.15, 0.2) is 16.5 Å². The van der Waals surface area contributed by atoms with Crippen molar-refractivity contribution in [3.63, 3.8) is 0 Å². The van der Waals surface area contributed by atoms with E-state index in [4.69, 9.17) is 16.6 Å². The van der Waals surface area contributed by atoms with E-state index in [-0.39, 0.29) is 11.1 Å². The van der Waals surface area contributed by atoms with Gasteiger partial charge in [0.1, 0.15) is 11.2 Å². The monoisotopic (exact) mass is 377 g/mol. The molecule has 0 spiro atoms. The van der Waals surface area contributed by atoms with Crippen molar-refractivity contribution in [1.82, 2.24) is 14.8 Å². The van der Waals surface area contributed by atoms with E-state index >= 15 is 0 Å². The summed E-state index contributed by atoms with van der Waals surface area (Å²) in [5, 5.41) is 15.0. The number of nitrogens with one attached hydrogen (secondary N) is 1. The largest absolute Gasteiger partial charge is 0.440 e.